The predicted octanol–water partition coefficient (Wildman–Crippen LogP) is 2.05. The Morgan fingerprint density at radius 2 is 1.90 bits per heavy atom. The van der Waals surface area contributed by atoms with Crippen molar-refractivity contribution in [2.24, 2.45) is 12.0 Å². The molecule has 0 fully saturated rings. The van der Waals surface area contributed by atoms with E-state index in [4.69, 9.17) is 0 Å². The zero-order valence-electron chi connectivity index (χ0n) is 11.6. The van der Waals surface area contributed by atoms with Crippen LogP contribution in [0.2, 0.25) is 0 Å². The molecule has 0 bridgehead atoms. The minimum absolute atomic E-state index is 0.691. The molecule has 0 spiro atoms. The van der Waals surface area contributed by atoms with Crippen LogP contribution >= 0.6 is 15.9 Å². The summed E-state index contributed by atoms with van der Waals surface area (Å²) in [6, 6.07) is 10.2. The Morgan fingerprint density at radius 3 is 2.50 bits per heavy atom. The van der Waals surface area contributed by atoms with Crippen LogP contribution in [0.1, 0.15) is 11.3 Å². The van der Waals surface area contributed by atoms with Gasteiger partial charge in [-0.25, -0.2) is 0 Å². The Kier molecular flexibility index (Phi) is 5.17. The SMILES string of the molecule is CN=C(NCc1ccc(Br)cc1)NCc1ccnn1C. The number of nitrogens with zero attached hydrogens (tertiary/aromatic N) is 3. The molecule has 2 rings (SSSR count). The van der Waals surface area contributed by atoms with Crippen molar-refractivity contribution in [3.63, 3.8) is 0 Å². The Morgan fingerprint density at radius 1 is 1.20 bits per heavy atom. The molecule has 0 atom stereocenters. The average Bonchev–Trinajstić information content (AvgIpc) is 2.86. The van der Waals surface area contributed by atoms with E-state index in [1.54, 1.807) is 13.2 Å². The maximum absolute atomic E-state index is 4.21. The lowest BCUT2D eigenvalue weighted by molar-refractivity contribution is 0.684. The molecule has 5 nitrogen and oxygen atoms in total. The molecule has 1 aromatic heterocycles. The molecule has 2 aromatic rings. The fourth-order valence-electron chi connectivity index (χ4n) is 1.76. The maximum atomic E-state index is 4.21. The van der Waals surface area contributed by atoms with Crippen LogP contribution in [0.3, 0.4) is 0 Å². The van der Waals surface area contributed by atoms with Gasteiger partial charge < -0.3 is 10.6 Å². The highest BCUT2D eigenvalue weighted by molar-refractivity contribution is 9.10. The van der Waals surface area contributed by atoms with E-state index in [0.29, 0.717) is 6.54 Å². The molecule has 0 saturated carbocycles. The number of rotatable bonds is 4. The lowest BCUT2D eigenvalue weighted by Gasteiger charge is -2.12. The first-order chi connectivity index (χ1) is 9.69. The van der Waals surface area contributed by atoms with E-state index < -0.39 is 0 Å². The topological polar surface area (TPSA) is 54.2 Å². The summed E-state index contributed by atoms with van der Waals surface area (Å²) < 4.78 is 2.93. The first-order valence-electron chi connectivity index (χ1n) is 6.35. The highest BCUT2D eigenvalue weighted by atomic mass is 79.9. The minimum atomic E-state index is 0.691. The van der Waals surface area contributed by atoms with E-state index in [0.717, 1.165) is 22.7 Å². The highest BCUT2D eigenvalue weighted by Crippen LogP contribution is 2.10. The summed E-state index contributed by atoms with van der Waals surface area (Å²) in [6.45, 7) is 1.43. The van der Waals surface area contributed by atoms with E-state index >= 15 is 0 Å². The third-order valence-electron chi connectivity index (χ3n) is 2.96. The van der Waals surface area contributed by atoms with Crippen LogP contribution in [0.15, 0.2) is 46.0 Å². The largest absolute Gasteiger partial charge is 0.352 e. The van der Waals surface area contributed by atoms with E-state index in [9.17, 15) is 0 Å². The van der Waals surface area contributed by atoms with Crippen LogP contribution < -0.4 is 10.6 Å². The van der Waals surface area contributed by atoms with Gasteiger partial charge in [0.2, 0.25) is 0 Å². The van der Waals surface area contributed by atoms with Crippen molar-refractivity contribution in [2.45, 2.75) is 13.1 Å². The summed E-state index contributed by atoms with van der Waals surface area (Å²) in [5, 5.41) is 10.7. The van der Waals surface area contributed by atoms with Gasteiger partial charge in [-0.15, -0.1) is 0 Å². The van der Waals surface area contributed by atoms with Crippen molar-refractivity contribution in [1.29, 1.82) is 0 Å². The second-order valence-corrected chi connectivity index (χ2v) is 5.27. The van der Waals surface area contributed by atoms with Gasteiger partial charge in [0.15, 0.2) is 5.96 Å². The summed E-state index contributed by atoms with van der Waals surface area (Å²) in [6.07, 6.45) is 1.79. The zero-order valence-corrected chi connectivity index (χ0v) is 13.2. The molecule has 2 N–H and O–H groups in total. The molecule has 0 aliphatic heterocycles. The number of aryl methyl sites for hydroxylation is 1. The third-order valence-corrected chi connectivity index (χ3v) is 3.48. The van der Waals surface area contributed by atoms with E-state index in [2.05, 4.69) is 48.8 Å². The monoisotopic (exact) mass is 335 g/mol. The second kappa shape index (κ2) is 7.09. The molecular formula is C14H18BrN5. The summed E-state index contributed by atoms with van der Waals surface area (Å²) in [7, 11) is 3.69. The lowest BCUT2D eigenvalue weighted by atomic mass is 10.2. The summed E-state index contributed by atoms with van der Waals surface area (Å²) in [5.41, 5.74) is 2.31. The standard InChI is InChI=1S/C14H18BrN5/c1-16-14(18-10-13-7-8-19-20(13)2)17-9-11-3-5-12(15)6-4-11/h3-8H,9-10H2,1-2H3,(H2,16,17,18). The molecule has 0 amide bonds. The number of benzene rings is 1. The Hall–Kier alpha value is -1.82. The summed E-state index contributed by atoms with van der Waals surface area (Å²) in [4.78, 5) is 4.21. The number of aliphatic imine (C=N–C) groups is 1. The van der Waals surface area contributed by atoms with Gasteiger partial charge in [0.25, 0.3) is 0 Å². The van der Waals surface area contributed by atoms with Crippen LogP contribution in [-0.2, 0) is 20.1 Å². The van der Waals surface area contributed by atoms with Gasteiger partial charge in [0.05, 0.1) is 12.2 Å². The summed E-state index contributed by atoms with van der Waals surface area (Å²) >= 11 is 3.43. The fraction of sp³-hybridized carbons (Fsp3) is 0.286. The predicted molar refractivity (Wildman–Crippen MR) is 84.4 cm³/mol. The van der Waals surface area contributed by atoms with Crippen molar-refractivity contribution in [3.8, 4) is 0 Å². The van der Waals surface area contributed by atoms with E-state index in [1.165, 1.54) is 5.56 Å². The first-order valence-corrected chi connectivity index (χ1v) is 7.14. The Balaban J connectivity index is 1.84. The van der Waals surface area contributed by atoms with Crippen molar-refractivity contribution in [3.05, 3.63) is 52.3 Å². The van der Waals surface area contributed by atoms with Gasteiger partial charge in [0.1, 0.15) is 0 Å². The molecule has 0 unspecified atom stereocenters. The van der Waals surface area contributed by atoms with Crippen LogP contribution in [0.5, 0.6) is 0 Å². The molecule has 0 radical (unpaired) electrons. The number of aromatic nitrogens is 2. The van der Waals surface area contributed by atoms with Crippen LogP contribution in [0, 0.1) is 0 Å². The van der Waals surface area contributed by atoms with Crippen molar-refractivity contribution in [2.75, 3.05) is 7.05 Å². The molecule has 0 aliphatic carbocycles. The highest BCUT2D eigenvalue weighted by Gasteiger charge is 2.01. The number of hydrogen-bond acceptors (Lipinski definition) is 2. The molecular weight excluding hydrogens is 318 g/mol. The Bertz CT molecular complexity index is 574. The van der Waals surface area contributed by atoms with Gasteiger partial charge in [0, 0.05) is 31.3 Å². The quantitative estimate of drug-likeness (QED) is 0.664. The van der Waals surface area contributed by atoms with Gasteiger partial charge >= 0.3 is 0 Å². The molecule has 1 heterocycles. The molecule has 20 heavy (non-hydrogen) atoms. The molecule has 0 saturated heterocycles. The second-order valence-electron chi connectivity index (χ2n) is 4.35. The molecule has 1 aromatic carbocycles. The van der Waals surface area contributed by atoms with Crippen molar-refractivity contribution < 1.29 is 0 Å². The molecule has 0 aliphatic rings. The summed E-state index contributed by atoms with van der Waals surface area (Å²) in [5.74, 6) is 0.772. The van der Waals surface area contributed by atoms with Crippen LogP contribution in [-0.4, -0.2) is 22.8 Å². The fourth-order valence-corrected chi connectivity index (χ4v) is 2.02. The lowest BCUT2D eigenvalue weighted by Crippen LogP contribution is -2.36. The first kappa shape index (κ1) is 14.6. The number of hydrogen-bond donors (Lipinski definition) is 2. The van der Waals surface area contributed by atoms with Crippen molar-refractivity contribution in [1.82, 2.24) is 20.4 Å². The Labute approximate surface area is 127 Å². The molecule has 106 valence electrons. The van der Waals surface area contributed by atoms with Gasteiger partial charge in [-0.05, 0) is 23.8 Å². The van der Waals surface area contributed by atoms with Crippen LogP contribution in [0.4, 0.5) is 0 Å². The number of nitrogens with one attached hydrogen (secondary N) is 2. The van der Waals surface area contributed by atoms with E-state index in [-0.39, 0.29) is 0 Å². The van der Waals surface area contributed by atoms with Gasteiger partial charge in [-0.1, -0.05) is 28.1 Å². The molecule has 6 heteroatoms. The number of halogens is 1. The smallest absolute Gasteiger partial charge is 0.191 e. The van der Waals surface area contributed by atoms with Gasteiger partial charge in [-0.2, -0.15) is 5.10 Å². The zero-order chi connectivity index (χ0) is 14.4. The minimum Gasteiger partial charge on any atom is -0.352 e. The maximum Gasteiger partial charge on any atom is 0.191 e. The van der Waals surface area contributed by atoms with Crippen molar-refractivity contribution >= 4 is 21.9 Å². The third kappa shape index (κ3) is 4.09. The van der Waals surface area contributed by atoms with Crippen LogP contribution in [0.25, 0.3) is 0 Å². The normalized spacial score (nSPS) is 11.4. The number of guanidine groups is 1. The average molecular weight is 336 g/mol. The van der Waals surface area contributed by atoms with E-state index in [1.807, 2.05) is 29.9 Å². The van der Waals surface area contributed by atoms with Gasteiger partial charge in [-0.3, -0.25) is 9.67 Å².